The van der Waals surface area contributed by atoms with E-state index in [4.69, 9.17) is 5.11 Å². The van der Waals surface area contributed by atoms with Crippen LogP contribution in [0.4, 0.5) is 5.69 Å². The minimum Gasteiger partial charge on any atom is -0.478 e. The number of hydrogen-bond acceptors (Lipinski definition) is 3. The van der Waals surface area contributed by atoms with E-state index in [-0.39, 0.29) is 5.56 Å². The highest BCUT2D eigenvalue weighted by atomic mass is 32.2. The molecule has 0 spiro atoms. The van der Waals surface area contributed by atoms with E-state index >= 15 is 0 Å². The summed E-state index contributed by atoms with van der Waals surface area (Å²) < 4.78 is 23.8. The summed E-state index contributed by atoms with van der Waals surface area (Å²) in [7, 11) is -1.99. The quantitative estimate of drug-likeness (QED) is 0.862. The Morgan fingerprint density at radius 1 is 1.38 bits per heavy atom. The molecule has 0 aromatic heterocycles. The van der Waals surface area contributed by atoms with E-state index in [1.54, 1.807) is 13.0 Å². The number of hydrogen-bond donors (Lipinski definition) is 1. The lowest BCUT2D eigenvalue weighted by Gasteiger charge is -2.19. The standard InChI is InChI=1S/C10H13NO4S/c1-7-4-5-8(10(12)13)6-9(7)11(2)16(3,14)15/h4-6H,1-3H3,(H,12,13). The number of sulfonamides is 1. The Labute approximate surface area is 94.4 Å². The Hall–Kier alpha value is -1.56. The topological polar surface area (TPSA) is 74.7 Å². The van der Waals surface area contributed by atoms with Gasteiger partial charge in [-0.1, -0.05) is 6.07 Å². The van der Waals surface area contributed by atoms with Gasteiger partial charge in [-0.15, -0.1) is 0 Å². The second kappa shape index (κ2) is 4.13. The summed E-state index contributed by atoms with van der Waals surface area (Å²) in [6.07, 6.45) is 1.07. The maximum Gasteiger partial charge on any atom is 0.335 e. The molecule has 88 valence electrons. The van der Waals surface area contributed by atoms with Gasteiger partial charge in [-0.05, 0) is 24.6 Å². The summed E-state index contributed by atoms with van der Waals surface area (Å²) in [5.74, 6) is -1.08. The van der Waals surface area contributed by atoms with Crippen LogP contribution < -0.4 is 4.31 Å². The van der Waals surface area contributed by atoms with Crippen molar-refractivity contribution in [3.8, 4) is 0 Å². The fraction of sp³-hybridized carbons (Fsp3) is 0.300. The van der Waals surface area contributed by atoms with Gasteiger partial charge in [-0.2, -0.15) is 0 Å². The predicted octanol–water partition coefficient (Wildman–Crippen LogP) is 1.09. The lowest BCUT2D eigenvalue weighted by molar-refractivity contribution is 0.0697. The van der Waals surface area contributed by atoms with Crippen molar-refractivity contribution in [2.75, 3.05) is 17.6 Å². The summed E-state index contributed by atoms with van der Waals surface area (Å²) in [5, 5.41) is 8.82. The van der Waals surface area contributed by atoms with Gasteiger partial charge in [-0.25, -0.2) is 13.2 Å². The molecule has 0 atom stereocenters. The first-order valence-corrected chi connectivity index (χ1v) is 6.36. The molecule has 0 unspecified atom stereocenters. The van der Waals surface area contributed by atoms with E-state index < -0.39 is 16.0 Å². The number of rotatable bonds is 3. The van der Waals surface area contributed by atoms with E-state index in [0.717, 1.165) is 10.6 Å². The van der Waals surface area contributed by atoms with Crippen molar-refractivity contribution in [1.82, 2.24) is 0 Å². The lowest BCUT2D eigenvalue weighted by Crippen LogP contribution is -2.25. The van der Waals surface area contributed by atoms with Gasteiger partial charge in [0.05, 0.1) is 17.5 Å². The number of anilines is 1. The third-order valence-electron chi connectivity index (χ3n) is 2.29. The molecule has 1 aromatic rings. The predicted molar refractivity (Wildman–Crippen MR) is 61.4 cm³/mol. The lowest BCUT2D eigenvalue weighted by atomic mass is 10.1. The van der Waals surface area contributed by atoms with Crippen molar-refractivity contribution in [2.45, 2.75) is 6.92 Å². The summed E-state index contributed by atoms with van der Waals surface area (Å²) >= 11 is 0. The van der Waals surface area contributed by atoms with Crippen molar-refractivity contribution < 1.29 is 18.3 Å². The molecule has 0 heterocycles. The average molecular weight is 243 g/mol. The Kier molecular flexibility index (Phi) is 3.23. The minimum absolute atomic E-state index is 0.0658. The van der Waals surface area contributed by atoms with Crippen LogP contribution in [0.15, 0.2) is 18.2 Å². The van der Waals surface area contributed by atoms with Gasteiger partial charge < -0.3 is 5.11 Å². The second-order valence-electron chi connectivity index (χ2n) is 3.54. The Morgan fingerprint density at radius 2 is 1.94 bits per heavy atom. The highest BCUT2D eigenvalue weighted by molar-refractivity contribution is 7.92. The van der Waals surface area contributed by atoms with Crippen LogP contribution >= 0.6 is 0 Å². The number of aryl methyl sites for hydroxylation is 1. The van der Waals surface area contributed by atoms with Gasteiger partial charge in [0.1, 0.15) is 0 Å². The van der Waals surface area contributed by atoms with Gasteiger partial charge in [0, 0.05) is 7.05 Å². The molecule has 1 aromatic carbocycles. The summed E-state index contributed by atoms with van der Waals surface area (Å²) in [6, 6.07) is 4.37. The first-order valence-electron chi connectivity index (χ1n) is 4.51. The molecule has 0 aliphatic rings. The van der Waals surface area contributed by atoms with Gasteiger partial charge in [0.15, 0.2) is 0 Å². The molecule has 5 nitrogen and oxygen atoms in total. The molecule has 0 radical (unpaired) electrons. The zero-order valence-corrected chi connectivity index (χ0v) is 10.1. The molecular formula is C10H13NO4S. The highest BCUT2D eigenvalue weighted by Gasteiger charge is 2.16. The molecule has 1 N–H and O–H groups in total. The fourth-order valence-corrected chi connectivity index (χ4v) is 1.81. The zero-order valence-electron chi connectivity index (χ0n) is 9.26. The van der Waals surface area contributed by atoms with Crippen LogP contribution in [0, 0.1) is 6.92 Å². The highest BCUT2D eigenvalue weighted by Crippen LogP contribution is 2.22. The van der Waals surface area contributed by atoms with E-state index in [2.05, 4.69) is 0 Å². The van der Waals surface area contributed by atoms with E-state index in [1.807, 2.05) is 0 Å². The van der Waals surface area contributed by atoms with Gasteiger partial charge in [0.2, 0.25) is 10.0 Å². The number of nitrogens with zero attached hydrogens (tertiary/aromatic N) is 1. The van der Waals surface area contributed by atoms with Crippen LogP contribution in [0.3, 0.4) is 0 Å². The largest absolute Gasteiger partial charge is 0.478 e. The minimum atomic E-state index is -3.38. The third-order valence-corrected chi connectivity index (χ3v) is 3.48. The molecule has 0 saturated carbocycles. The molecule has 0 aliphatic heterocycles. The van der Waals surface area contributed by atoms with Crippen molar-refractivity contribution in [3.63, 3.8) is 0 Å². The number of benzene rings is 1. The number of aromatic carboxylic acids is 1. The Balaban J connectivity index is 3.33. The first kappa shape index (κ1) is 12.5. The summed E-state index contributed by atoms with van der Waals surface area (Å²) in [5.41, 5.74) is 1.15. The summed E-state index contributed by atoms with van der Waals surface area (Å²) in [6.45, 7) is 1.72. The van der Waals surface area contributed by atoms with E-state index in [9.17, 15) is 13.2 Å². The monoisotopic (exact) mass is 243 g/mol. The fourth-order valence-electron chi connectivity index (χ4n) is 1.26. The Bertz CT molecular complexity index is 522. The van der Waals surface area contributed by atoms with Crippen LogP contribution in [-0.4, -0.2) is 32.8 Å². The second-order valence-corrected chi connectivity index (χ2v) is 5.55. The number of carbonyl (C=O) groups is 1. The molecule has 0 amide bonds. The maximum absolute atomic E-state index is 11.3. The van der Waals surface area contributed by atoms with Crippen LogP contribution in [0.1, 0.15) is 15.9 Å². The average Bonchev–Trinajstić information content (AvgIpc) is 2.15. The third kappa shape index (κ3) is 2.52. The molecule has 0 aliphatic carbocycles. The summed E-state index contributed by atoms with van der Waals surface area (Å²) in [4.78, 5) is 10.8. The van der Waals surface area contributed by atoms with Gasteiger partial charge in [-0.3, -0.25) is 4.31 Å². The van der Waals surface area contributed by atoms with Crippen LogP contribution in [0.5, 0.6) is 0 Å². The smallest absolute Gasteiger partial charge is 0.335 e. The van der Waals surface area contributed by atoms with Crippen LogP contribution in [-0.2, 0) is 10.0 Å². The molecule has 6 heteroatoms. The van der Waals surface area contributed by atoms with Crippen LogP contribution in [0.25, 0.3) is 0 Å². The molecule has 0 bridgehead atoms. The SMILES string of the molecule is Cc1ccc(C(=O)O)cc1N(C)S(C)(=O)=O. The molecule has 0 saturated heterocycles. The van der Waals surface area contributed by atoms with Crippen molar-refractivity contribution in [3.05, 3.63) is 29.3 Å². The molecule has 1 rings (SSSR count). The number of carboxylic acid groups (broad SMARTS) is 1. The normalized spacial score (nSPS) is 11.2. The van der Waals surface area contributed by atoms with E-state index in [0.29, 0.717) is 11.3 Å². The van der Waals surface area contributed by atoms with Gasteiger partial charge in [0.25, 0.3) is 0 Å². The molecule has 0 fully saturated rings. The molecular weight excluding hydrogens is 230 g/mol. The van der Waals surface area contributed by atoms with Crippen LogP contribution in [0.2, 0.25) is 0 Å². The maximum atomic E-state index is 11.3. The van der Waals surface area contributed by atoms with Gasteiger partial charge >= 0.3 is 5.97 Å². The number of carboxylic acids is 1. The Morgan fingerprint density at radius 3 is 2.38 bits per heavy atom. The zero-order chi connectivity index (χ0) is 12.5. The van der Waals surface area contributed by atoms with Crippen molar-refractivity contribution >= 4 is 21.7 Å². The van der Waals surface area contributed by atoms with Crippen molar-refractivity contribution in [1.29, 1.82) is 0 Å². The van der Waals surface area contributed by atoms with E-state index in [1.165, 1.54) is 19.2 Å². The molecule has 16 heavy (non-hydrogen) atoms. The van der Waals surface area contributed by atoms with Crippen molar-refractivity contribution in [2.24, 2.45) is 0 Å². The first-order chi connectivity index (χ1) is 7.23.